The number of hydrogen-bond acceptors (Lipinski definition) is 6. The molecular formula is C21H21NO8. The molecule has 0 aromatic heterocycles. The van der Waals surface area contributed by atoms with Gasteiger partial charge in [-0.05, 0) is 36.8 Å². The molecule has 2 atom stereocenters. The van der Waals surface area contributed by atoms with Crippen molar-refractivity contribution in [1.29, 1.82) is 0 Å². The van der Waals surface area contributed by atoms with Crippen molar-refractivity contribution in [2.45, 2.75) is 25.7 Å². The van der Waals surface area contributed by atoms with E-state index in [1.165, 1.54) is 12.1 Å². The summed E-state index contributed by atoms with van der Waals surface area (Å²) in [5.41, 5.74) is 0.936. The maximum atomic E-state index is 12.7. The Morgan fingerprint density at radius 3 is 2.43 bits per heavy atom. The van der Waals surface area contributed by atoms with Crippen LogP contribution in [0.25, 0.3) is 0 Å². The van der Waals surface area contributed by atoms with Gasteiger partial charge in [0, 0.05) is 13.0 Å². The van der Waals surface area contributed by atoms with Crippen LogP contribution in [-0.4, -0.2) is 58.6 Å². The average molecular weight is 415 g/mol. The first-order valence-electron chi connectivity index (χ1n) is 9.26. The lowest BCUT2D eigenvalue weighted by Gasteiger charge is -2.32. The second-order valence-electron chi connectivity index (χ2n) is 6.48. The topological polar surface area (TPSA) is 123 Å². The molecule has 158 valence electrons. The van der Waals surface area contributed by atoms with Gasteiger partial charge in [-0.2, -0.15) is 0 Å². The number of carbonyl (C=O) groups excluding carboxylic acids is 1. The minimum absolute atomic E-state index is 0.154. The van der Waals surface area contributed by atoms with Gasteiger partial charge in [0.1, 0.15) is 11.5 Å². The van der Waals surface area contributed by atoms with Gasteiger partial charge < -0.3 is 24.4 Å². The number of rotatable bonds is 9. The standard InChI is InChI=1S/C21H21NO8/c1-2-28-17(20(24)25)11-13-7-9-14(10-8-13)30-19(21(26)27)22-12-29-16-6-4-3-5-15(16)18(22)23/h3-10,17,19H,2,11-12H2,1H3,(H,24,25)(H,26,27). The summed E-state index contributed by atoms with van der Waals surface area (Å²) in [5, 5.41) is 18.8. The highest BCUT2D eigenvalue weighted by molar-refractivity contribution is 5.99. The largest absolute Gasteiger partial charge is 0.479 e. The summed E-state index contributed by atoms with van der Waals surface area (Å²) in [4.78, 5) is 36.6. The van der Waals surface area contributed by atoms with Gasteiger partial charge in [-0.25, -0.2) is 9.59 Å². The zero-order valence-corrected chi connectivity index (χ0v) is 16.2. The molecule has 0 saturated heterocycles. The molecule has 0 aliphatic carbocycles. The highest BCUT2D eigenvalue weighted by Gasteiger charge is 2.36. The maximum absolute atomic E-state index is 12.7. The average Bonchev–Trinajstić information content (AvgIpc) is 2.73. The summed E-state index contributed by atoms with van der Waals surface area (Å²) in [5.74, 6) is -2.33. The number of para-hydroxylation sites is 1. The Bertz CT molecular complexity index is 927. The minimum atomic E-state index is -1.59. The molecule has 1 aliphatic rings. The van der Waals surface area contributed by atoms with Gasteiger partial charge in [0.25, 0.3) is 12.1 Å². The van der Waals surface area contributed by atoms with Crippen molar-refractivity contribution in [2.24, 2.45) is 0 Å². The van der Waals surface area contributed by atoms with Crippen LogP contribution in [0.2, 0.25) is 0 Å². The fourth-order valence-electron chi connectivity index (χ4n) is 3.01. The number of fused-ring (bicyclic) bond motifs is 1. The molecule has 1 heterocycles. The van der Waals surface area contributed by atoms with Crippen molar-refractivity contribution < 1.29 is 38.8 Å². The number of aliphatic carboxylic acids is 2. The Kier molecular flexibility index (Phi) is 6.53. The van der Waals surface area contributed by atoms with Crippen molar-refractivity contribution >= 4 is 17.8 Å². The molecule has 0 radical (unpaired) electrons. The number of carboxylic acids is 2. The van der Waals surface area contributed by atoms with Gasteiger partial charge >= 0.3 is 11.9 Å². The first-order chi connectivity index (χ1) is 14.4. The number of carboxylic acid groups (broad SMARTS) is 2. The maximum Gasteiger partial charge on any atom is 0.367 e. The van der Waals surface area contributed by atoms with Gasteiger partial charge in [0.15, 0.2) is 12.8 Å². The van der Waals surface area contributed by atoms with E-state index < -0.39 is 30.2 Å². The Morgan fingerprint density at radius 1 is 1.10 bits per heavy atom. The summed E-state index contributed by atoms with van der Waals surface area (Å²) >= 11 is 0. The van der Waals surface area contributed by atoms with E-state index in [-0.39, 0.29) is 31.1 Å². The van der Waals surface area contributed by atoms with Crippen LogP contribution in [0, 0.1) is 0 Å². The Labute approximate surface area is 172 Å². The molecule has 1 amide bonds. The summed E-state index contributed by atoms with van der Waals surface area (Å²) in [6, 6.07) is 12.8. The van der Waals surface area contributed by atoms with E-state index in [9.17, 15) is 24.6 Å². The molecule has 3 rings (SSSR count). The summed E-state index contributed by atoms with van der Waals surface area (Å²) in [7, 11) is 0. The molecule has 0 spiro atoms. The zero-order chi connectivity index (χ0) is 21.7. The number of ether oxygens (including phenoxy) is 3. The third-order valence-electron chi connectivity index (χ3n) is 4.47. The van der Waals surface area contributed by atoms with Gasteiger partial charge in [-0.3, -0.25) is 9.69 Å². The number of amides is 1. The Hall–Kier alpha value is -3.59. The highest BCUT2D eigenvalue weighted by Crippen LogP contribution is 2.26. The van der Waals surface area contributed by atoms with Crippen molar-refractivity contribution in [3.05, 3.63) is 59.7 Å². The van der Waals surface area contributed by atoms with Gasteiger partial charge in [-0.15, -0.1) is 0 Å². The molecule has 0 fully saturated rings. The second kappa shape index (κ2) is 9.27. The monoisotopic (exact) mass is 415 g/mol. The molecule has 9 nitrogen and oxygen atoms in total. The predicted molar refractivity (Wildman–Crippen MR) is 103 cm³/mol. The van der Waals surface area contributed by atoms with Crippen LogP contribution in [0.4, 0.5) is 0 Å². The van der Waals surface area contributed by atoms with Crippen LogP contribution in [0.3, 0.4) is 0 Å². The van der Waals surface area contributed by atoms with E-state index in [4.69, 9.17) is 14.2 Å². The number of hydrogen-bond donors (Lipinski definition) is 2. The quantitative estimate of drug-likeness (QED) is 0.638. The lowest BCUT2D eigenvalue weighted by atomic mass is 10.1. The number of carbonyl (C=O) groups is 3. The van der Waals surface area contributed by atoms with Gasteiger partial charge in [0.05, 0.1) is 5.56 Å². The molecule has 2 aromatic carbocycles. The third kappa shape index (κ3) is 4.69. The zero-order valence-electron chi connectivity index (χ0n) is 16.2. The summed E-state index contributed by atoms with van der Waals surface area (Å²) < 4.78 is 16.2. The number of benzene rings is 2. The number of nitrogens with zero attached hydrogens (tertiary/aromatic N) is 1. The fourth-order valence-corrected chi connectivity index (χ4v) is 3.01. The van der Waals surface area contributed by atoms with Crippen LogP contribution >= 0.6 is 0 Å². The molecule has 2 N–H and O–H groups in total. The van der Waals surface area contributed by atoms with Crippen LogP contribution < -0.4 is 9.47 Å². The molecule has 2 aromatic rings. The highest BCUT2D eigenvalue weighted by atomic mass is 16.6. The van der Waals surface area contributed by atoms with E-state index in [1.54, 1.807) is 43.3 Å². The lowest BCUT2D eigenvalue weighted by molar-refractivity contribution is -0.155. The molecular weight excluding hydrogens is 394 g/mol. The van der Waals surface area contributed by atoms with Crippen LogP contribution in [0.1, 0.15) is 22.8 Å². The van der Waals surface area contributed by atoms with E-state index in [2.05, 4.69) is 0 Å². The van der Waals surface area contributed by atoms with Crippen LogP contribution in [0.15, 0.2) is 48.5 Å². The lowest BCUT2D eigenvalue weighted by Crippen LogP contribution is -2.52. The predicted octanol–water partition coefficient (Wildman–Crippen LogP) is 2.00. The summed E-state index contributed by atoms with van der Waals surface area (Å²) in [6.45, 7) is 1.72. The van der Waals surface area contributed by atoms with Crippen molar-refractivity contribution in [3.8, 4) is 11.5 Å². The molecule has 2 unspecified atom stereocenters. The Balaban J connectivity index is 1.72. The van der Waals surface area contributed by atoms with Gasteiger partial charge in [-0.1, -0.05) is 24.3 Å². The SMILES string of the molecule is CCOC(Cc1ccc(OC(C(=O)O)N2COc3ccccc3C2=O)cc1)C(=O)O. The van der Waals surface area contributed by atoms with E-state index in [1.807, 2.05) is 0 Å². The summed E-state index contributed by atoms with van der Waals surface area (Å²) in [6.07, 6.45) is -2.41. The Morgan fingerprint density at radius 2 is 1.80 bits per heavy atom. The van der Waals surface area contributed by atoms with Crippen LogP contribution in [-0.2, 0) is 20.7 Å². The van der Waals surface area contributed by atoms with E-state index in [0.717, 1.165) is 4.90 Å². The van der Waals surface area contributed by atoms with E-state index in [0.29, 0.717) is 11.3 Å². The molecule has 1 aliphatic heterocycles. The van der Waals surface area contributed by atoms with Crippen molar-refractivity contribution in [3.63, 3.8) is 0 Å². The van der Waals surface area contributed by atoms with Crippen molar-refractivity contribution in [1.82, 2.24) is 4.90 Å². The fraction of sp³-hybridized carbons (Fsp3) is 0.286. The first-order valence-corrected chi connectivity index (χ1v) is 9.26. The molecule has 30 heavy (non-hydrogen) atoms. The van der Waals surface area contributed by atoms with Crippen molar-refractivity contribution in [2.75, 3.05) is 13.3 Å². The second-order valence-corrected chi connectivity index (χ2v) is 6.48. The normalized spacial score (nSPS) is 15.0. The minimum Gasteiger partial charge on any atom is -0.479 e. The molecule has 0 saturated carbocycles. The molecule has 9 heteroatoms. The third-order valence-corrected chi connectivity index (χ3v) is 4.47. The smallest absolute Gasteiger partial charge is 0.367 e. The molecule has 0 bridgehead atoms. The van der Waals surface area contributed by atoms with Gasteiger partial charge in [0.2, 0.25) is 0 Å². The van der Waals surface area contributed by atoms with Crippen LogP contribution in [0.5, 0.6) is 11.5 Å². The van der Waals surface area contributed by atoms with E-state index >= 15 is 0 Å². The first kappa shape index (κ1) is 21.1.